The summed E-state index contributed by atoms with van der Waals surface area (Å²) in [5.74, 6) is -0.507. The maximum atomic E-state index is 10.3. The van der Waals surface area contributed by atoms with Crippen molar-refractivity contribution in [3.05, 3.63) is 0 Å². The lowest BCUT2D eigenvalue weighted by Gasteiger charge is -2.05. The van der Waals surface area contributed by atoms with Crippen LogP contribution in [0.5, 0.6) is 0 Å². The molecule has 0 rings (SSSR count). The highest BCUT2D eigenvalue weighted by atomic mass is 32.2. The van der Waals surface area contributed by atoms with Crippen molar-refractivity contribution in [3.63, 3.8) is 0 Å². The van der Waals surface area contributed by atoms with E-state index in [0.29, 0.717) is 19.4 Å². The molecule has 0 heterocycles. The maximum Gasteiger partial charge on any atom is 0.216 e. The van der Waals surface area contributed by atoms with Gasteiger partial charge in [-0.15, -0.1) is 0 Å². The van der Waals surface area contributed by atoms with Crippen molar-refractivity contribution in [3.8, 4) is 0 Å². The Bertz CT molecular complexity index is 234. The van der Waals surface area contributed by atoms with E-state index in [1.165, 1.54) is 6.92 Å². The lowest BCUT2D eigenvalue weighted by molar-refractivity contribution is -0.118. The lowest BCUT2D eigenvalue weighted by atomic mass is 10.3. The Morgan fingerprint density at radius 1 is 1.42 bits per heavy atom. The molecule has 0 aliphatic carbocycles. The van der Waals surface area contributed by atoms with Crippen LogP contribution in [0, 0.1) is 0 Å². The molecule has 12 heavy (non-hydrogen) atoms. The summed E-state index contributed by atoms with van der Waals surface area (Å²) in [6.07, 6.45) is 0.813. The molecule has 0 spiro atoms. The molecule has 72 valence electrons. The fourth-order valence-corrected chi connectivity index (χ4v) is 1.23. The molecule has 0 aromatic heterocycles. The van der Waals surface area contributed by atoms with E-state index in [1.54, 1.807) is 0 Å². The molecule has 0 fully saturated rings. The fraction of sp³-hybridized carbons (Fsp3) is 0.833. The van der Waals surface area contributed by atoms with Crippen LogP contribution in [0.3, 0.4) is 0 Å². The Hall–Kier alpha value is -0.620. The van der Waals surface area contributed by atoms with Crippen molar-refractivity contribution in [2.24, 2.45) is 0 Å². The van der Waals surface area contributed by atoms with Gasteiger partial charge in [-0.05, 0) is 12.8 Å². The van der Waals surface area contributed by atoms with E-state index in [1.807, 2.05) is 0 Å². The highest BCUT2D eigenvalue weighted by Crippen LogP contribution is 1.91. The molecule has 0 saturated heterocycles. The zero-order chi connectivity index (χ0) is 9.61. The average molecular weight is 194 g/mol. The molecule has 0 saturated carbocycles. The van der Waals surface area contributed by atoms with E-state index < -0.39 is 10.1 Å². The standard InChI is InChI=1S/C6H13NO4S/c1-6(8)7-4-2-3-5-12(9,10)11/h2-5H2,1H3,(H,7,8)(H,9,10,11)/p-1. The Kier molecular flexibility index (Phi) is 4.84. The summed E-state index contributed by atoms with van der Waals surface area (Å²) in [5, 5.41) is 2.50. The van der Waals surface area contributed by atoms with E-state index >= 15 is 0 Å². The number of carbonyl (C=O) groups is 1. The van der Waals surface area contributed by atoms with Crippen LogP contribution in [0.4, 0.5) is 0 Å². The minimum Gasteiger partial charge on any atom is -0.748 e. The topological polar surface area (TPSA) is 86.3 Å². The maximum absolute atomic E-state index is 10.3. The second kappa shape index (κ2) is 5.10. The highest BCUT2D eigenvalue weighted by molar-refractivity contribution is 7.85. The quantitative estimate of drug-likeness (QED) is 0.470. The van der Waals surface area contributed by atoms with Gasteiger partial charge in [0.25, 0.3) is 0 Å². The van der Waals surface area contributed by atoms with E-state index in [-0.39, 0.29) is 11.7 Å². The predicted molar refractivity (Wildman–Crippen MR) is 42.5 cm³/mol. The highest BCUT2D eigenvalue weighted by Gasteiger charge is 1.95. The average Bonchev–Trinajstić information content (AvgIpc) is 1.83. The van der Waals surface area contributed by atoms with Crippen molar-refractivity contribution < 1.29 is 17.8 Å². The van der Waals surface area contributed by atoms with Gasteiger partial charge in [0, 0.05) is 19.2 Å². The van der Waals surface area contributed by atoms with Gasteiger partial charge < -0.3 is 9.87 Å². The van der Waals surface area contributed by atoms with Gasteiger partial charge in [-0.3, -0.25) is 4.79 Å². The number of unbranched alkanes of at least 4 members (excludes halogenated alkanes) is 1. The normalized spacial score (nSPS) is 11.2. The Balaban J connectivity index is 3.29. The fourth-order valence-electron chi connectivity index (χ4n) is 0.668. The van der Waals surface area contributed by atoms with Crippen LogP contribution >= 0.6 is 0 Å². The monoisotopic (exact) mass is 194 g/mol. The number of nitrogens with one attached hydrogen (secondary N) is 1. The molecule has 1 amide bonds. The SMILES string of the molecule is CC(=O)NCCCCS(=O)(=O)[O-]. The van der Waals surface area contributed by atoms with Gasteiger partial charge in [-0.2, -0.15) is 0 Å². The Morgan fingerprint density at radius 3 is 2.42 bits per heavy atom. The van der Waals surface area contributed by atoms with Crippen LogP contribution in [0.15, 0.2) is 0 Å². The molecule has 0 aliphatic rings. The second-order valence-corrected chi connectivity index (χ2v) is 3.98. The van der Waals surface area contributed by atoms with Crippen LogP contribution < -0.4 is 5.32 Å². The molecular weight excluding hydrogens is 182 g/mol. The zero-order valence-corrected chi connectivity index (χ0v) is 7.69. The molecule has 0 unspecified atom stereocenters. The molecule has 0 aromatic rings. The smallest absolute Gasteiger partial charge is 0.216 e. The van der Waals surface area contributed by atoms with Crippen LogP contribution in [-0.4, -0.2) is 31.2 Å². The van der Waals surface area contributed by atoms with E-state index in [9.17, 15) is 17.8 Å². The first-order valence-corrected chi connectivity index (χ1v) is 5.17. The number of hydrogen-bond acceptors (Lipinski definition) is 4. The first kappa shape index (κ1) is 11.4. The molecule has 1 N–H and O–H groups in total. The number of hydrogen-bond donors (Lipinski definition) is 1. The summed E-state index contributed by atoms with van der Waals surface area (Å²) >= 11 is 0. The number of amides is 1. The largest absolute Gasteiger partial charge is 0.748 e. The predicted octanol–water partition coefficient (Wildman–Crippen LogP) is -0.552. The van der Waals surface area contributed by atoms with Crippen molar-refractivity contribution in [1.29, 1.82) is 0 Å². The van der Waals surface area contributed by atoms with Gasteiger partial charge in [0.1, 0.15) is 0 Å². The van der Waals surface area contributed by atoms with Gasteiger partial charge in [-0.25, -0.2) is 8.42 Å². The summed E-state index contributed by atoms with van der Waals surface area (Å²) in [6, 6.07) is 0. The van der Waals surface area contributed by atoms with E-state index in [2.05, 4.69) is 5.32 Å². The zero-order valence-electron chi connectivity index (χ0n) is 6.87. The van der Waals surface area contributed by atoms with Crippen molar-refractivity contribution in [2.75, 3.05) is 12.3 Å². The van der Waals surface area contributed by atoms with Crippen molar-refractivity contribution in [2.45, 2.75) is 19.8 Å². The van der Waals surface area contributed by atoms with Crippen LogP contribution in [-0.2, 0) is 14.9 Å². The summed E-state index contributed by atoms with van der Waals surface area (Å²) in [5.41, 5.74) is 0. The van der Waals surface area contributed by atoms with Gasteiger partial charge in [-0.1, -0.05) is 0 Å². The summed E-state index contributed by atoms with van der Waals surface area (Å²) in [4.78, 5) is 10.3. The van der Waals surface area contributed by atoms with Crippen LogP contribution in [0.25, 0.3) is 0 Å². The molecule has 0 atom stereocenters. The second-order valence-electron chi connectivity index (χ2n) is 2.45. The Labute approximate surface area is 71.9 Å². The third-order valence-electron chi connectivity index (χ3n) is 1.20. The lowest BCUT2D eigenvalue weighted by Crippen LogP contribution is -2.21. The van der Waals surface area contributed by atoms with Gasteiger partial charge in [0.2, 0.25) is 5.91 Å². The van der Waals surface area contributed by atoms with Crippen molar-refractivity contribution in [1.82, 2.24) is 5.32 Å². The molecule has 6 heteroatoms. The van der Waals surface area contributed by atoms with E-state index in [4.69, 9.17) is 0 Å². The van der Waals surface area contributed by atoms with Gasteiger partial charge in [0.05, 0.1) is 10.1 Å². The first-order valence-electron chi connectivity index (χ1n) is 3.60. The number of carbonyl (C=O) groups excluding carboxylic acids is 1. The van der Waals surface area contributed by atoms with Crippen LogP contribution in [0.2, 0.25) is 0 Å². The summed E-state index contributed by atoms with van der Waals surface area (Å²) < 4.78 is 30.3. The van der Waals surface area contributed by atoms with E-state index in [0.717, 1.165) is 0 Å². The molecule has 5 nitrogen and oxygen atoms in total. The minimum atomic E-state index is -4.09. The Morgan fingerprint density at radius 2 is 2.00 bits per heavy atom. The molecule has 0 aliphatic heterocycles. The molecular formula is C6H12NO4S-. The molecule has 0 aromatic carbocycles. The van der Waals surface area contributed by atoms with Crippen molar-refractivity contribution >= 4 is 16.0 Å². The molecule has 0 bridgehead atoms. The third-order valence-corrected chi connectivity index (χ3v) is 1.98. The van der Waals surface area contributed by atoms with Gasteiger partial charge >= 0.3 is 0 Å². The van der Waals surface area contributed by atoms with Gasteiger partial charge in [0.15, 0.2) is 0 Å². The number of rotatable bonds is 5. The third kappa shape index (κ3) is 9.38. The molecule has 0 radical (unpaired) electrons. The summed E-state index contributed by atoms with van der Waals surface area (Å²) in [6.45, 7) is 1.80. The minimum absolute atomic E-state index is 0.153. The summed E-state index contributed by atoms with van der Waals surface area (Å²) in [7, 11) is -4.09. The first-order chi connectivity index (χ1) is 5.42. The van der Waals surface area contributed by atoms with Crippen LogP contribution in [0.1, 0.15) is 19.8 Å².